The van der Waals surface area contributed by atoms with Crippen molar-refractivity contribution in [2.75, 3.05) is 16.0 Å². The highest BCUT2D eigenvalue weighted by Gasteiger charge is 2.25. The fourth-order valence-corrected chi connectivity index (χ4v) is 8.92. The largest absolute Gasteiger partial charge is 0.456 e. The molecule has 314 valence electrons. The van der Waals surface area contributed by atoms with E-state index in [4.69, 9.17) is 9.41 Å². The lowest BCUT2D eigenvalue weighted by atomic mass is 9.93. The summed E-state index contributed by atoms with van der Waals surface area (Å²) in [7, 11) is -4.61. The van der Waals surface area contributed by atoms with Gasteiger partial charge in [-0.1, -0.05) is 70.9 Å². The average Bonchev–Trinajstić information content (AvgIpc) is 3.19. The highest BCUT2D eigenvalue weighted by molar-refractivity contribution is 7.86. The molecule has 4 aromatic carbocycles. The summed E-state index contributed by atoms with van der Waals surface area (Å²) in [5.41, 5.74) is 11.4. The minimum absolute atomic E-state index is 0.0185. The van der Waals surface area contributed by atoms with Gasteiger partial charge in [0.25, 0.3) is 10.1 Å². The Morgan fingerprint density at radius 3 is 1.90 bits per heavy atom. The van der Waals surface area contributed by atoms with Crippen LogP contribution < -0.4 is 21.3 Å². The van der Waals surface area contributed by atoms with Gasteiger partial charge in [-0.05, 0) is 118 Å². The van der Waals surface area contributed by atoms with E-state index in [9.17, 15) is 22.6 Å². The maximum atomic E-state index is 13.1. The molecule has 0 radical (unpaired) electrons. The van der Waals surface area contributed by atoms with E-state index in [1.807, 2.05) is 104 Å². The van der Waals surface area contributed by atoms with Crippen LogP contribution in [0.4, 0.5) is 28.4 Å². The quantitative estimate of drug-likeness (QED) is 0.0668. The molecule has 2 amide bonds. The second kappa shape index (κ2) is 17.8. The molecule has 1 heterocycles. The van der Waals surface area contributed by atoms with E-state index in [0.717, 1.165) is 81.8 Å². The Balaban J connectivity index is 1.52. The van der Waals surface area contributed by atoms with Crippen LogP contribution in [0, 0.1) is 53.4 Å². The molecule has 0 spiro atoms. The van der Waals surface area contributed by atoms with Crippen molar-refractivity contribution in [3.8, 4) is 22.5 Å². The predicted molar refractivity (Wildman–Crippen MR) is 243 cm³/mol. The summed E-state index contributed by atoms with van der Waals surface area (Å²) in [6.45, 7) is 19.9. The molecule has 0 aromatic heterocycles. The number of hydrogen-bond acceptors (Lipinski definition) is 7. The summed E-state index contributed by atoms with van der Waals surface area (Å²) in [5.74, 6) is 0.149. The van der Waals surface area contributed by atoms with Crippen molar-refractivity contribution < 1.29 is 27.0 Å². The monoisotopic (exact) mass is 828 g/mol. The average molecular weight is 829 g/mol. The topological polar surface area (TPSA) is 150 Å². The van der Waals surface area contributed by atoms with Crippen LogP contribution in [0.3, 0.4) is 0 Å². The standard InChI is InChI=1S/C49H56N4O6S/c1-11-15-27(3)48(54)52-46-31(7)23-29(5)44(33(46)9)50-35-19-21-37-40(25-35)59-41-26-36(20-22-38(41)43(37)39-17-13-14-18-42(39)60(56,57)58)51-45-30(6)24-32(8)47(34(45)10)53-49(55)28(4)16-12-2/h13-14,17-28,50H,11-12,15-16H2,1-10H3,(H,52,54)(H,53,55)(H,56,57,58). The van der Waals surface area contributed by atoms with Crippen LogP contribution in [-0.4, -0.2) is 24.8 Å². The van der Waals surface area contributed by atoms with Gasteiger partial charge < -0.3 is 20.4 Å². The highest BCUT2D eigenvalue weighted by atomic mass is 32.2. The zero-order chi connectivity index (χ0) is 43.6. The fourth-order valence-electron chi connectivity index (χ4n) is 8.22. The third-order valence-corrected chi connectivity index (χ3v) is 12.3. The summed E-state index contributed by atoms with van der Waals surface area (Å²) in [5, 5.41) is 11.1. The van der Waals surface area contributed by atoms with Crippen LogP contribution in [0.15, 0.2) is 87.1 Å². The van der Waals surface area contributed by atoms with Gasteiger partial charge >= 0.3 is 0 Å². The second-order valence-electron chi connectivity index (χ2n) is 16.2. The Hall–Kier alpha value is -5.78. The maximum absolute atomic E-state index is 13.1. The van der Waals surface area contributed by atoms with Crippen molar-refractivity contribution in [1.29, 1.82) is 0 Å². The number of carbonyl (C=O) groups excluding carboxylic acids is 2. The molecule has 1 aliphatic heterocycles. The first-order valence-corrected chi connectivity index (χ1v) is 22.1. The number of benzene rings is 5. The number of amides is 2. The summed E-state index contributed by atoms with van der Waals surface area (Å²) in [4.78, 5) is 31.0. The van der Waals surface area contributed by atoms with Crippen molar-refractivity contribution in [3.05, 3.63) is 112 Å². The smallest absolute Gasteiger partial charge is 0.295 e. The first-order chi connectivity index (χ1) is 28.4. The van der Waals surface area contributed by atoms with E-state index in [1.165, 1.54) is 6.07 Å². The molecule has 0 bridgehead atoms. The van der Waals surface area contributed by atoms with Gasteiger partial charge in [-0.3, -0.25) is 14.1 Å². The molecular weight excluding hydrogens is 773 g/mol. The lowest BCUT2D eigenvalue weighted by Crippen LogP contribution is -2.21. The van der Waals surface area contributed by atoms with Crippen LogP contribution in [0.5, 0.6) is 0 Å². The van der Waals surface area contributed by atoms with Crippen LogP contribution in [0.2, 0.25) is 0 Å². The van der Waals surface area contributed by atoms with Crippen LogP contribution in [-0.2, 0) is 19.7 Å². The number of hydrogen-bond donors (Lipinski definition) is 4. The lowest BCUT2D eigenvalue weighted by Gasteiger charge is -2.21. The zero-order valence-electron chi connectivity index (χ0n) is 36.3. The Kier molecular flexibility index (Phi) is 13.0. The van der Waals surface area contributed by atoms with Crippen LogP contribution in [0.25, 0.3) is 33.4 Å². The van der Waals surface area contributed by atoms with E-state index >= 15 is 0 Å². The van der Waals surface area contributed by atoms with E-state index < -0.39 is 10.1 Å². The Morgan fingerprint density at radius 1 is 0.700 bits per heavy atom. The van der Waals surface area contributed by atoms with Gasteiger partial charge in [0.15, 0.2) is 0 Å². The second-order valence-corrected chi connectivity index (χ2v) is 17.6. The molecule has 11 heteroatoms. The van der Waals surface area contributed by atoms with E-state index in [1.54, 1.807) is 18.2 Å². The Morgan fingerprint density at radius 2 is 1.28 bits per heavy atom. The van der Waals surface area contributed by atoms with Gasteiger partial charge in [-0.25, -0.2) is 4.99 Å². The van der Waals surface area contributed by atoms with Crippen molar-refractivity contribution in [1.82, 2.24) is 0 Å². The third kappa shape index (κ3) is 9.02. The molecule has 6 rings (SSSR count). The molecule has 0 saturated heterocycles. The lowest BCUT2D eigenvalue weighted by molar-refractivity contribution is -0.120. The molecule has 4 aromatic rings. The SMILES string of the molecule is CCCC(C)C(=O)Nc1c(C)cc(C)c(N=c2ccc3c(-c4ccccc4S(=O)(=O)O)c4ccc(Nc5c(C)cc(C)c(NC(=O)C(C)CCC)c5C)cc4oc-3c2)c1C. The van der Waals surface area contributed by atoms with Gasteiger partial charge in [0.2, 0.25) is 11.8 Å². The number of nitrogens with zero attached hydrogens (tertiary/aromatic N) is 1. The van der Waals surface area contributed by atoms with Crippen LogP contribution >= 0.6 is 0 Å². The molecule has 10 nitrogen and oxygen atoms in total. The number of anilines is 4. The first-order valence-electron chi connectivity index (χ1n) is 20.7. The molecule has 4 N–H and O–H groups in total. The number of aryl methyl sites for hydroxylation is 4. The van der Waals surface area contributed by atoms with Gasteiger partial charge in [0.05, 0.1) is 11.0 Å². The zero-order valence-corrected chi connectivity index (χ0v) is 37.1. The number of rotatable bonds is 13. The van der Waals surface area contributed by atoms with Crippen molar-refractivity contribution >= 4 is 61.3 Å². The maximum Gasteiger partial charge on any atom is 0.295 e. The Labute approximate surface area is 353 Å². The third-order valence-electron chi connectivity index (χ3n) is 11.4. The normalized spacial score (nSPS) is 13.1. The summed E-state index contributed by atoms with van der Waals surface area (Å²) >= 11 is 0. The first kappa shape index (κ1) is 43.8. The summed E-state index contributed by atoms with van der Waals surface area (Å²) in [6, 6.07) is 21.6. The summed E-state index contributed by atoms with van der Waals surface area (Å²) in [6.07, 6.45) is 3.42. The van der Waals surface area contributed by atoms with Crippen LogP contribution in [0.1, 0.15) is 86.8 Å². The number of nitrogens with one attached hydrogen (secondary N) is 3. The molecular formula is C49H56N4O6S. The highest BCUT2D eigenvalue weighted by Crippen LogP contribution is 2.44. The molecule has 0 saturated carbocycles. The summed E-state index contributed by atoms with van der Waals surface area (Å²) < 4.78 is 42.6. The minimum atomic E-state index is -4.61. The fraction of sp³-hybridized carbons (Fsp3) is 0.327. The van der Waals surface area contributed by atoms with Crippen molar-refractivity contribution in [2.24, 2.45) is 16.8 Å². The van der Waals surface area contributed by atoms with E-state index in [0.29, 0.717) is 44.5 Å². The molecule has 60 heavy (non-hydrogen) atoms. The molecule has 0 fully saturated rings. The molecule has 2 atom stereocenters. The van der Waals surface area contributed by atoms with Crippen molar-refractivity contribution in [2.45, 2.75) is 99.8 Å². The van der Waals surface area contributed by atoms with Gasteiger partial charge in [-0.15, -0.1) is 0 Å². The van der Waals surface area contributed by atoms with E-state index in [2.05, 4.69) is 29.8 Å². The van der Waals surface area contributed by atoms with Gasteiger partial charge in [-0.2, -0.15) is 8.42 Å². The predicted octanol–water partition coefficient (Wildman–Crippen LogP) is 12.0. The van der Waals surface area contributed by atoms with Crippen molar-refractivity contribution in [3.63, 3.8) is 0 Å². The molecule has 2 unspecified atom stereocenters. The Bertz CT molecular complexity index is 2790. The van der Waals surface area contributed by atoms with E-state index in [-0.39, 0.29) is 28.5 Å². The minimum Gasteiger partial charge on any atom is -0.456 e. The van der Waals surface area contributed by atoms with Gasteiger partial charge in [0.1, 0.15) is 16.2 Å². The number of fused-ring (bicyclic) bond motifs is 2. The molecule has 1 aliphatic carbocycles. The molecule has 2 aliphatic rings. The van der Waals surface area contributed by atoms with Gasteiger partial charge in [0, 0.05) is 68.8 Å². The number of carbonyl (C=O) groups is 2.